The highest BCUT2D eigenvalue weighted by Gasteiger charge is 2.21. The summed E-state index contributed by atoms with van der Waals surface area (Å²) in [5.74, 6) is -0.230. The van der Waals surface area contributed by atoms with Gasteiger partial charge >= 0.3 is 0 Å². The summed E-state index contributed by atoms with van der Waals surface area (Å²) in [4.78, 5) is 2.23. The van der Waals surface area contributed by atoms with E-state index >= 15 is 0 Å². The maximum Gasteiger partial charge on any atom is 0.129 e. The Morgan fingerprint density at radius 3 is 2.75 bits per heavy atom. The third-order valence-electron chi connectivity index (χ3n) is 3.83. The summed E-state index contributed by atoms with van der Waals surface area (Å²) in [6, 6.07) is 5.39. The van der Waals surface area contributed by atoms with Crippen molar-refractivity contribution >= 4 is 11.6 Å². The van der Waals surface area contributed by atoms with Crippen LogP contribution in [0.1, 0.15) is 25.3 Å². The predicted octanol–water partition coefficient (Wildman–Crippen LogP) is 2.41. The van der Waals surface area contributed by atoms with Gasteiger partial charge in [-0.2, -0.15) is 0 Å². The molecular weight excluding hydrogens is 279 g/mol. The molecule has 3 nitrogen and oxygen atoms in total. The predicted molar refractivity (Wildman–Crippen MR) is 79.4 cm³/mol. The first-order valence-corrected chi connectivity index (χ1v) is 7.50. The molecule has 1 aromatic rings. The average molecular weight is 301 g/mol. The molecule has 1 aliphatic heterocycles. The minimum absolute atomic E-state index is 0.132. The smallest absolute Gasteiger partial charge is 0.129 e. The highest BCUT2D eigenvalue weighted by molar-refractivity contribution is 6.31. The van der Waals surface area contributed by atoms with Gasteiger partial charge in [-0.25, -0.2) is 4.39 Å². The van der Waals surface area contributed by atoms with E-state index in [1.54, 1.807) is 12.1 Å². The molecular formula is C15H22ClFN2O. The van der Waals surface area contributed by atoms with E-state index in [0.29, 0.717) is 23.2 Å². The van der Waals surface area contributed by atoms with Gasteiger partial charge in [0.2, 0.25) is 0 Å². The highest BCUT2D eigenvalue weighted by Crippen LogP contribution is 2.22. The van der Waals surface area contributed by atoms with Gasteiger partial charge in [-0.05, 0) is 45.0 Å². The summed E-state index contributed by atoms with van der Waals surface area (Å²) in [5.41, 5.74) is 0.587. The standard InChI is InChI=1S/C15H22ClFN2O/c1-11(10-20)18-12-5-7-19(8-6-12)9-13-14(16)3-2-4-15(13)17/h2-4,11-12,18,20H,5-10H2,1H3/t11-/m1/s1. The molecule has 0 spiro atoms. The van der Waals surface area contributed by atoms with Crippen molar-refractivity contribution in [1.29, 1.82) is 0 Å². The van der Waals surface area contributed by atoms with Crippen molar-refractivity contribution in [2.75, 3.05) is 19.7 Å². The monoisotopic (exact) mass is 300 g/mol. The van der Waals surface area contributed by atoms with Gasteiger partial charge in [0, 0.05) is 29.2 Å². The lowest BCUT2D eigenvalue weighted by Gasteiger charge is -2.33. The van der Waals surface area contributed by atoms with E-state index in [9.17, 15) is 4.39 Å². The second-order valence-corrected chi connectivity index (χ2v) is 5.91. The molecule has 1 heterocycles. The highest BCUT2D eigenvalue weighted by atomic mass is 35.5. The third kappa shape index (κ3) is 4.16. The number of halogens is 2. The number of hydrogen-bond donors (Lipinski definition) is 2. The van der Waals surface area contributed by atoms with Crippen molar-refractivity contribution in [2.45, 2.75) is 38.4 Å². The summed E-state index contributed by atoms with van der Waals surface area (Å²) in [6.45, 7) is 4.53. The van der Waals surface area contributed by atoms with E-state index in [4.69, 9.17) is 16.7 Å². The van der Waals surface area contributed by atoms with Crippen LogP contribution in [0.4, 0.5) is 4.39 Å². The van der Waals surface area contributed by atoms with Gasteiger partial charge in [0.05, 0.1) is 6.61 Å². The Labute approximate surface area is 124 Å². The van der Waals surface area contributed by atoms with Crippen molar-refractivity contribution in [2.24, 2.45) is 0 Å². The molecule has 0 amide bonds. The van der Waals surface area contributed by atoms with E-state index in [1.807, 2.05) is 6.92 Å². The molecule has 1 aliphatic rings. The number of nitrogens with one attached hydrogen (secondary N) is 1. The Balaban J connectivity index is 1.85. The van der Waals surface area contributed by atoms with Crippen LogP contribution in [0.25, 0.3) is 0 Å². The van der Waals surface area contributed by atoms with Crippen molar-refractivity contribution in [3.8, 4) is 0 Å². The number of nitrogens with zero attached hydrogens (tertiary/aromatic N) is 1. The van der Waals surface area contributed by atoms with Crippen LogP contribution in [0.3, 0.4) is 0 Å². The molecule has 1 aromatic carbocycles. The number of hydrogen-bond acceptors (Lipinski definition) is 3. The molecule has 0 unspecified atom stereocenters. The fourth-order valence-corrected chi connectivity index (χ4v) is 2.84. The first-order valence-electron chi connectivity index (χ1n) is 7.12. The molecule has 0 bridgehead atoms. The largest absolute Gasteiger partial charge is 0.395 e. The molecule has 2 rings (SSSR count). The quantitative estimate of drug-likeness (QED) is 0.876. The van der Waals surface area contributed by atoms with Crippen LogP contribution in [0, 0.1) is 5.82 Å². The Morgan fingerprint density at radius 1 is 1.45 bits per heavy atom. The molecule has 5 heteroatoms. The lowest BCUT2D eigenvalue weighted by molar-refractivity contribution is 0.169. The van der Waals surface area contributed by atoms with Gasteiger partial charge < -0.3 is 10.4 Å². The van der Waals surface area contributed by atoms with Crippen LogP contribution in [-0.2, 0) is 6.54 Å². The molecule has 112 valence electrons. The maximum absolute atomic E-state index is 13.7. The lowest BCUT2D eigenvalue weighted by Crippen LogP contribution is -2.46. The molecule has 0 saturated carbocycles. The second-order valence-electron chi connectivity index (χ2n) is 5.50. The van der Waals surface area contributed by atoms with Crippen molar-refractivity contribution < 1.29 is 9.50 Å². The summed E-state index contributed by atoms with van der Waals surface area (Å²) in [5, 5.41) is 12.9. The van der Waals surface area contributed by atoms with Crippen LogP contribution in [0.15, 0.2) is 18.2 Å². The van der Waals surface area contributed by atoms with Crippen LogP contribution in [-0.4, -0.2) is 41.8 Å². The van der Waals surface area contributed by atoms with Gasteiger partial charge in [-0.1, -0.05) is 17.7 Å². The Bertz CT molecular complexity index is 416. The normalized spacial score (nSPS) is 19.2. The van der Waals surface area contributed by atoms with E-state index in [0.717, 1.165) is 25.9 Å². The summed E-state index contributed by atoms with van der Waals surface area (Å²) in [6.07, 6.45) is 2.02. The summed E-state index contributed by atoms with van der Waals surface area (Å²) in [7, 11) is 0. The molecule has 2 N–H and O–H groups in total. The number of likely N-dealkylation sites (tertiary alicyclic amines) is 1. The third-order valence-corrected chi connectivity index (χ3v) is 4.18. The zero-order chi connectivity index (χ0) is 14.5. The van der Waals surface area contributed by atoms with Crippen molar-refractivity contribution in [1.82, 2.24) is 10.2 Å². The first-order chi connectivity index (χ1) is 9.60. The van der Waals surface area contributed by atoms with Crippen LogP contribution in [0.5, 0.6) is 0 Å². The Hall–Kier alpha value is -0.680. The van der Waals surface area contributed by atoms with Gasteiger partial charge in [0.1, 0.15) is 5.82 Å². The average Bonchev–Trinajstić information content (AvgIpc) is 2.44. The SMILES string of the molecule is C[C@H](CO)NC1CCN(Cc2c(F)cccc2Cl)CC1. The van der Waals surface area contributed by atoms with E-state index in [1.165, 1.54) is 6.07 Å². The van der Waals surface area contributed by atoms with Gasteiger partial charge in [0.25, 0.3) is 0 Å². The number of piperidine rings is 1. The second kappa shape index (κ2) is 7.36. The maximum atomic E-state index is 13.7. The number of rotatable bonds is 5. The van der Waals surface area contributed by atoms with Crippen LogP contribution in [0.2, 0.25) is 5.02 Å². The van der Waals surface area contributed by atoms with Crippen molar-refractivity contribution in [3.63, 3.8) is 0 Å². The number of benzene rings is 1. The Kier molecular flexibility index (Phi) is 5.78. The van der Waals surface area contributed by atoms with E-state index < -0.39 is 0 Å². The summed E-state index contributed by atoms with van der Waals surface area (Å²) < 4.78 is 13.7. The molecule has 20 heavy (non-hydrogen) atoms. The Morgan fingerprint density at radius 2 is 2.15 bits per heavy atom. The van der Waals surface area contributed by atoms with E-state index in [2.05, 4.69) is 10.2 Å². The minimum atomic E-state index is -0.230. The zero-order valence-electron chi connectivity index (χ0n) is 11.8. The molecule has 1 saturated heterocycles. The van der Waals surface area contributed by atoms with E-state index in [-0.39, 0.29) is 18.5 Å². The topological polar surface area (TPSA) is 35.5 Å². The van der Waals surface area contributed by atoms with Gasteiger partial charge in [-0.15, -0.1) is 0 Å². The van der Waals surface area contributed by atoms with Crippen molar-refractivity contribution in [3.05, 3.63) is 34.6 Å². The van der Waals surface area contributed by atoms with Gasteiger partial charge in [-0.3, -0.25) is 4.90 Å². The lowest BCUT2D eigenvalue weighted by atomic mass is 10.0. The number of aliphatic hydroxyl groups excluding tert-OH is 1. The zero-order valence-corrected chi connectivity index (χ0v) is 12.5. The van der Waals surface area contributed by atoms with Crippen LogP contribution >= 0.6 is 11.6 Å². The molecule has 1 fully saturated rings. The molecule has 1 atom stereocenters. The van der Waals surface area contributed by atoms with Gasteiger partial charge in [0.15, 0.2) is 0 Å². The molecule has 0 radical (unpaired) electrons. The summed E-state index contributed by atoms with van der Waals surface area (Å²) >= 11 is 6.06. The fraction of sp³-hybridized carbons (Fsp3) is 0.600. The van der Waals surface area contributed by atoms with Crippen LogP contribution < -0.4 is 5.32 Å². The molecule has 0 aromatic heterocycles. The first kappa shape index (κ1) is 15.7. The minimum Gasteiger partial charge on any atom is -0.395 e. The number of aliphatic hydroxyl groups is 1. The fourth-order valence-electron chi connectivity index (χ4n) is 2.62. The molecule has 0 aliphatic carbocycles.